The van der Waals surface area contributed by atoms with E-state index < -0.39 is 0 Å². The molecule has 2 aromatic carbocycles. The van der Waals surface area contributed by atoms with Crippen molar-refractivity contribution in [1.82, 2.24) is 5.32 Å². The molecule has 1 unspecified atom stereocenters. The van der Waals surface area contributed by atoms with E-state index in [1.165, 1.54) is 18.2 Å². The van der Waals surface area contributed by atoms with Crippen molar-refractivity contribution >= 4 is 21.8 Å². The molecule has 1 amide bonds. The molecule has 1 atom stereocenters. The van der Waals surface area contributed by atoms with Crippen molar-refractivity contribution in [3.8, 4) is 0 Å². The van der Waals surface area contributed by atoms with Gasteiger partial charge in [0.2, 0.25) is 0 Å². The van der Waals surface area contributed by atoms with E-state index in [1.807, 2.05) is 31.2 Å². The zero-order valence-electron chi connectivity index (χ0n) is 11.3. The maximum absolute atomic E-state index is 13.0. The molecule has 0 fully saturated rings. The monoisotopic (exact) mass is 335 g/mol. The first-order valence-corrected chi connectivity index (χ1v) is 7.09. The number of nitrogens with one attached hydrogen (secondary N) is 1. The van der Waals surface area contributed by atoms with Crippen LogP contribution in [0.2, 0.25) is 0 Å². The minimum absolute atomic E-state index is 0.121. The zero-order valence-corrected chi connectivity index (χ0v) is 12.9. The van der Waals surface area contributed by atoms with E-state index in [0.717, 1.165) is 10.0 Å². The molecule has 0 heterocycles. The molecule has 0 aromatic heterocycles. The second-order valence-corrected chi connectivity index (χ2v) is 5.63. The summed E-state index contributed by atoms with van der Waals surface area (Å²) < 4.78 is 14.0. The molecule has 0 radical (unpaired) electrons. The lowest BCUT2D eigenvalue weighted by Crippen LogP contribution is -2.27. The third-order valence-electron chi connectivity index (χ3n) is 3.13. The van der Waals surface area contributed by atoms with Crippen LogP contribution in [0.1, 0.15) is 34.5 Å². The Balaban J connectivity index is 2.15. The minimum Gasteiger partial charge on any atom is -0.346 e. The van der Waals surface area contributed by atoms with Crippen molar-refractivity contribution in [2.45, 2.75) is 19.9 Å². The molecule has 104 valence electrons. The fraction of sp³-hybridized carbons (Fsp3) is 0.188. The highest BCUT2D eigenvalue weighted by Crippen LogP contribution is 2.19. The van der Waals surface area contributed by atoms with Gasteiger partial charge >= 0.3 is 0 Å². The van der Waals surface area contributed by atoms with Gasteiger partial charge in [-0.1, -0.05) is 28.1 Å². The summed E-state index contributed by atoms with van der Waals surface area (Å²) in [6.07, 6.45) is 0. The lowest BCUT2D eigenvalue weighted by Gasteiger charge is -2.15. The maximum atomic E-state index is 13.0. The van der Waals surface area contributed by atoms with E-state index in [0.29, 0.717) is 11.1 Å². The predicted molar refractivity (Wildman–Crippen MR) is 81.2 cm³/mol. The van der Waals surface area contributed by atoms with Crippen LogP contribution < -0.4 is 5.32 Å². The Morgan fingerprint density at radius 1 is 1.25 bits per heavy atom. The van der Waals surface area contributed by atoms with Crippen molar-refractivity contribution in [2.24, 2.45) is 0 Å². The number of aryl methyl sites for hydroxylation is 1. The molecule has 2 nitrogen and oxygen atoms in total. The third-order valence-corrected chi connectivity index (χ3v) is 3.62. The van der Waals surface area contributed by atoms with E-state index in [2.05, 4.69) is 21.2 Å². The van der Waals surface area contributed by atoms with Gasteiger partial charge in [-0.3, -0.25) is 4.79 Å². The minimum atomic E-state index is -0.334. The number of carbonyl (C=O) groups is 1. The normalized spacial score (nSPS) is 12.0. The molecule has 2 rings (SSSR count). The predicted octanol–water partition coefficient (Wildman–Crippen LogP) is 4.39. The van der Waals surface area contributed by atoms with E-state index >= 15 is 0 Å². The van der Waals surface area contributed by atoms with Crippen molar-refractivity contribution in [3.63, 3.8) is 0 Å². The number of carbonyl (C=O) groups excluding carboxylic acids is 1. The standard InChI is InChI=1S/C16H15BrFNO/c1-10-8-14(18)6-7-15(10)16(20)19-11(2)12-4-3-5-13(17)9-12/h3-9,11H,1-2H3,(H,19,20). The van der Waals surface area contributed by atoms with Gasteiger partial charge in [0.1, 0.15) is 5.82 Å². The smallest absolute Gasteiger partial charge is 0.252 e. The summed E-state index contributed by atoms with van der Waals surface area (Å²) in [6.45, 7) is 3.64. The van der Waals surface area contributed by atoms with Gasteiger partial charge in [-0.15, -0.1) is 0 Å². The van der Waals surface area contributed by atoms with Gasteiger partial charge in [0, 0.05) is 10.0 Å². The Morgan fingerprint density at radius 3 is 2.65 bits per heavy atom. The number of hydrogen-bond donors (Lipinski definition) is 1. The van der Waals surface area contributed by atoms with Gasteiger partial charge < -0.3 is 5.32 Å². The SMILES string of the molecule is Cc1cc(F)ccc1C(=O)NC(C)c1cccc(Br)c1. The zero-order chi connectivity index (χ0) is 14.7. The first-order chi connectivity index (χ1) is 9.47. The molecule has 2 aromatic rings. The molecule has 0 saturated carbocycles. The van der Waals surface area contributed by atoms with Crippen LogP contribution in [0.4, 0.5) is 4.39 Å². The number of halogens is 2. The molecule has 0 saturated heterocycles. The molecule has 0 spiro atoms. The van der Waals surface area contributed by atoms with Crippen molar-refractivity contribution < 1.29 is 9.18 Å². The molecule has 1 N–H and O–H groups in total. The van der Waals surface area contributed by atoms with Crippen LogP contribution in [0, 0.1) is 12.7 Å². The Hall–Kier alpha value is -1.68. The summed E-state index contributed by atoms with van der Waals surface area (Å²) in [5.41, 5.74) is 2.13. The van der Waals surface area contributed by atoms with Gasteiger partial charge in [-0.2, -0.15) is 0 Å². The highest BCUT2D eigenvalue weighted by atomic mass is 79.9. The number of amides is 1. The fourth-order valence-corrected chi connectivity index (χ4v) is 2.43. The van der Waals surface area contributed by atoms with E-state index in [-0.39, 0.29) is 17.8 Å². The summed E-state index contributed by atoms with van der Waals surface area (Å²) in [4.78, 5) is 12.2. The molecular weight excluding hydrogens is 321 g/mol. The lowest BCUT2D eigenvalue weighted by molar-refractivity contribution is 0.0939. The Morgan fingerprint density at radius 2 is 2.00 bits per heavy atom. The summed E-state index contributed by atoms with van der Waals surface area (Å²) in [5, 5.41) is 2.92. The molecule has 20 heavy (non-hydrogen) atoms. The Bertz CT molecular complexity index is 642. The summed E-state index contributed by atoms with van der Waals surface area (Å²) in [6, 6.07) is 11.8. The van der Waals surface area contributed by atoms with Gasteiger partial charge in [0.05, 0.1) is 6.04 Å². The summed E-state index contributed by atoms with van der Waals surface area (Å²) in [5.74, 6) is -0.533. The molecule has 0 aliphatic carbocycles. The quantitative estimate of drug-likeness (QED) is 0.885. The van der Waals surface area contributed by atoms with Crippen LogP contribution in [0.5, 0.6) is 0 Å². The highest BCUT2D eigenvalue weighted by molar-refractivity contribution is 9.10. The number of rotatable bonds is 3. The van der Waals surface area contributed by atoms with Crippen molar-refractivity contribution in [1.29, 1.82) is 0 Å². The fourth-order valence-electron chi connectivity index (χ4n) is 2.02. The summed E-state index contributed by atoms with van der Waals surface area (Å²) >= 11 is 3.41. The third kappa shape index (κ3) is 3.45. The van der Waals surface area contributed by atoms with Crippen LogP contribution in [-0.4, -0.2) is 5.91 Å². The molecule has 0 aliphatic rings. The van der Waals surface area contributed by atoms with Crippen LogP contribution in [0.15, 0.2) is 46.9 Å². The average Bonchev–Trinajstić information content (AvgIpc) is 2.38. The Kier molecular flexibility index (Phi) is 4.55. The van der Waals surface area contributed by atoms with Gasteiger partial charge in [0.25, 0.3) is 5.91 Å². The van der Waals surface area contributed by atoms with E-state index in [1.54, 1.807) is 6.92 Å². The van der Waals surface area contributed by atoms with Crippen LogP contribution in [-0.2, 0) is 0 Å². The second-order valence-electron chi connectivity index (χ2n) is 4.71. The number of benzene rings is 2. The molecular formula is C16H15BrFNO. The largest absolute Gasteiger partial charge is 0.346 e. The first kappa shape index (κ1) is 14.7. The first-order valence-electron chi connectivity index (χ1n) is 6.30. The topological polar surface area (TPSA) is 29.1 Å². The highest BCUT2D eigenvalue weighted by Gasteiger charge is 2.13. The maximum Gasteiger partial charge on any atom is 0.252 e. The Labute approximate surface area is 126 Å². The van der Waals surface area contributed by atoms with Crippen molar-refractivity contribution in [3.05, 3.63) is 69.4 Å². The average molecular weight is 336 g/mol. The number of hydrogen-bond acceptors (Lipinski definition) is 1. The summed E-state index contributed by atoms with van der Waals surface area (Å²) in [7, 11) is 0. The van der Waals surface area contributed by atoms with Crippen LogP contribution >= 0.6 is 15.9 Å². The van der Waals surface area contributed by atoms with Gasteiger partial charge in [-0.25, -0.2) is 4.39 Å². The second kappa shape index (κ2) is 6.18. The molecule has 0 bridgehead atoms. The van der Waals surface area contributed by atoms with Gasteiger partial charge in [-0.05, 0) is 55.3 Å². The molecule has 4 heteroatoms. The van der Waals surface area contributed by atoms with E-state index in [4.69, 9.17) is 0 Å². The van der Waals surface area contributed by atoms with Gasteiger partial charge in [0.15, 0.2) is 0 Å². The van der Waals surface area contributed by atoms with Crippen LogP contribution in [0.3, 0.4) is 0 Å². The lowest BCUT2D eigenvalue weighted by atomic mass is 10.1. The van der Waals surface area contributed by atoms with Crippen molar-refractivity contribution in [2.75, 3.05) is 0 Å². The van der Waals surface area contributed by atoms with Crippen LogP contribution in [0.25, 0.3) is 0 Å². The molecule has 0 aliphatic heterocycles. The van der Waals surface area contributed by atoms with E-state index in [9.17, 15) is 9.18 Å².